The fraction of sp³-hybridized carbons (Fsp3) is 0.190. The number of aromatic nitrogens is 4. The lowest BCUT2D eigenvalue weighted by atomic mass is 10.3. The first-order chi connectivity index (χ1) is 14.3. The van der Waals surface area contributed by atoms with Crippen LogP contribution in [0.2, 0.25) is 0 Å². The zero-order chi connectivity index (χ0) is 19.5. The van der Waals surface area contributed by atoms with Crippen LogP contribution in [-0.4, -0.2) is 46.2 Å². The van der Waals surface area contributed by atoms with Gasteiger partial charge in [-0.3, -0.25) is 0 Å². The summed E-state index contributed by atoms with van der Waals surface area (Å²) in [6.07, 6.45) is 1.52. The Balaban J connectivity index is 1.35. The maximum atomic E-state index is 5.84. The van der Waals surface area contributed by atoms with Crippen molar-refractivity contribution in [1.29, 1.82) is 0 Å². The molecular weight excluding hydrogens is 368 g/mol. The molecule has 0 aliphatic carbocycles. The number of nitrogens with zero attached hydrogens (tertiary/aromatic N) is 4. The number of fused-ring (bicyclic) bond motifs is 1. The predicted octanol–water partition coefficient (Wildman–Crippen LogP) is 3.73. The van der Waals surface area contributed by atoms with E-state index in [-0.39, 0.29) is 0 Å². The Labute approximate surface area is 167 Å². The van der Waals surface area contributed by atoms with E-state index in [1.165, 1.54) is 6.33 Å². The van der Waals surface area contributed by atoms with Crippen LogP contribution < -0.4 is 15.0 Å². The molecule has 3 heterocycles. The van der Waals surface area contributed by atoms with Crippen molar-refractivity contribution in [3.63, 3.8) is 0 Å². The number of benzene rings is 2. The molecule has 8 nitrogen and oxygen atoms in total. The van der Waals surface area contributed by atoms with Crippen molar-refractivity contribution in [3.8, 4) is 11.5 Å². The van der Waals surface area contributed by atoms with E-state index in [0.717, 1.165) is 41.7 Å². The van der Waals surface area contributed by atoms with Gasteiger partial charge >= 0.3 is 0 Å². The maximum absolute atomic E-state index is 5.84. The van der Waals surface area contributed by atoms with Gasteiger partial charge in [0.1, 0.15) is 23.3 Å². The number of hydrogen-bond acceptors (Lipinski definition) is 7. The van der Waals surface area contributed by atoms with Crippen LogP contribution in [-0.2, 0) is 4.74 Å². The van der Waals surface area contributed by atoms with Crippen molar-refractivity contribution >= 4 is 28.6 Å². The fourth-order valence-corrected chi connectivity index (χ4v) is 3.20. The van der Waals surface area contributed by atoms with Crippen LogP contribution in [0.15, 0.2) is 60.9 Å². The number of morpholine rings is 1. The third-order valence-corrected chi connectivity index (χ3v) is 4.68. The number of nitrogens with one attached hydrogen (secondary N) is 2. The minimum absolute atomic E-state index is 0.632. The molecule has 29 heavy (non-hydrogen) atoms. The zero-order valence-corrected chi connectivity index (χ0v) is 15.7. The van der Waals surface area contributed by atoms with Crippen molar-refractivity contribution in [3.05, 3.63) is 60.9 Å². The topological polar surface area (TPSA) is 88.2 Å². The number of H-pyrrole nitrogens is 1. The van der Waals surface area contributed by atoms with Crippen LogP contribution >= 0.6 is 0 Å². The molecule has 0 spiro atoms. The highest BCUT2D eigenvalue weighted by molar-refractivity contribution is 5.86. The molecule has 4 aromatic rings. The molecule has 0 amide bonds. The third-order valence-electron chi connectivity index (χ3n) is 4.68. The van der Waals surface area contributed by atoms with Crippen LogP contribution in [0.3, 0.4) is 0 Å². The summed E-state index contributed by atoms with van der Waals surface area (Å²) < 4.78 is 11.3. The monoisotopic (exact) mass is 388 g/mol. The van der Waals surface area contributed by atoms with Gasteiger partial charge in [0.15, 0.2) is 11.5 Å². The third kappa shape index (κ3) is 3.83. The molecule has 0 radical (unpaired) electrons. The Morgan fingerprint density at radius 1 is 0.931 bits per heavy atom. The van der Waals surface area contributed by atoms with Crippen LogP contribution in [0.5, 0.6) is 11.5 Å². The van der Waals surface area contributed by atoms with E-state index in [1.54, 1.807) is 0 Å². The van der Waals surface area contributed by atoms with Crippen molar-refractivity contribution in [2.75, 3.05) is 36.5 Å². The standard InChI is InChI=1S/C21H20N6O2/c1-2-4-16(5-3-1)29-17-8-6-15(7-9-17)24-19-18-20(23-14-22-19)26-21(25-18)27-10-12-28-13-11-27/h1-9,14H,10-13H2,(H2,22,23,24,25,26). The second-order valence-electron chi connectivity index (χ2n) is 6.65. The number of ether oxygens (including phenoxy) is 2. The summed E-state index contributed by atoms with van der Waals surface area (Å²) in [6, 6.07) is 17.4. The summed E-state index contributed by atoms with van der Waals surface area (Å²) in [5.74, 6) is 3.04. The Morgan fingerprint density at radius 3 is 2.48 bits per heavy atom. The second-order valence-corrected chi connectivity index (χ2v) is 6.65. The van der Waals surface area contributed by atoms with Gasteiger partial charge in [-0.15, -0.1) is 0 Å². The Bertz CT molecular complexity index is 1090. The highest BCUT2D eigenvalue weighted by atomic mass is 16.5. The molecule has 1 aliphatic heterocycles. The highest BCUT2D eigenvalue weighted by Gasteiger charge is 2.17. The number of anilines is 3. The molecule has 0 saturated carbocycles. The molecule has 0 bridgehead atoms. The number of rotatable bonds is 5. The summed E-state index contributed by atoms with van der Waals surface area (Å²) >= 11 is 0. The normalized spacial score (nSPS) is 14.1. The zero-order valence-electron chi connectivity index (χ0n) is 15.7. The molecule has 1 aliphatic rings. The Kier molecular flexibility index (Phi) is 4.67. The van der Waals surface area contributed by atoms with E-state index in [9.17, 15) is 0 Å². The second kappa shape index (κ2) is 7.76. The molecular formula is C21H20N6O2. The van der Waals surface area contributed by atoms with Crippen molar-refractivity contribution in [2.45, 2.75) is 0 Å². The molecule has 1 saturated heterocycles. The lowest BCUT2D eigenvalue weighted by molar-refractivity contribution is 0.122. The molecule has 146 valence electrons. The summed E-state index contributed by atoms with van der Waals surface area (Å²) in [4.78, 5) is 18.8. The van der Waals surface area contributed by atoms with Gasteiger partial charge in [-0.05, 0) is 36.4 Å². The number of imidazole rings is 1. The summed E-state index contributed by atoms with van der Waals surface area (Å²) in [5.41, 5.74) is 2.31. The molecule has 1 fully saturated rings. The average Bonchev–Trinajstić information content (AvgIpc) is 3.22. The molecule has 0 atom stereocenters. The van der Waals surface area contributed by atoms with E-state index in [0.29, 0.717) is 24.7 Å². The van der Waals surface area contributed by atoms with Crippen LogP contribution in [0.4, 0.5) is 17.5 Å². The van der Waals surface area contributed by atoms with Gasteiger partial charge in [-0.25, -0.2) is 9.97 Å². The van der Waals surface area contributed by atoms with Gasteiger partial charge in [0.25, 0.3) is 0 Å². The summed E-state index contributed by atoms with van der Waals surface area (Å²) in [5, 5.41) is 3.33. The van der Waals surface area contributed by atoms with Gasteiger partial charge in [0.05, 0.1) is 13.2 Å². The van der Waals surface area contributed by atoms with Gasteiger partial charge in [-0.1, -0.05) is 18.2 Å². The van der Waals surface area contributed by atoms with Crippen LogP contribution in [0.1, 0.15) is 0 Å². The molecule has 2 N–H and O–H groups in total. The van der Waals surface area contributed by atoms with E-state index >= 15 is 0 Å². The molecule has 2 aromatic carbocycles. The lowest BCUT2D eigenvalue weighted by Gasteiger charge is -2.25. The minimum atomic E-state index is 0.632. The van der Waals surface area contributed by atoms with E-state index in [1.807, 2.05) is 54.6 Å². The average molecular weight is 388 g/mol. The van der Waals surface area contributed by atoms with E-state index in [2.05, 4.69) is 30.2 Å². The van der Waals surface area contributed by atoms with E-state index in [4.69, 9.17) is 9.47 Å². The smallest absolute Gasteiger partial charge is 0.205 e. The van der Waals surface area contributed by atoms with Crippen molar-refractivity contribution in [1.82, 2.24) is 19.9 Å². The summed E-state index contributed by atoms with van der Waals surface area (Å²) in [7, 11) is 0. The van der Waals surface area contributed by atoms with Crippen LogP contribution in [0, 0.1) is 0 Å². The molecule has 2 aromatic heterocycles. The van der Waals surface area contributed by atoms with Gasteiger partial charge in [0.2, 0.25) is 5.95 Å². The van der Waals surface area contributed by atoms with Gasteiger partial charge < -0.3 is 24.7 Å². The first kappa shape index (κ1) is 17.4. The summed E-state index contributed by atoms with van der Waals surface area (Å²) in [6.45, 7) is 3.01. The predicted molar refractivity (Wildman–Crippen MR) is 111 cm³/mol. The minimum Gasteiger partial charge on any atom is -0.457 e. The van der Waals surface area contributed by atoms with Gasteiger partial charge in [0, 0.05) is 18.8 Å². The van der Waals surface area contributed by atoms with Crippen molar-refractivity contribution < 1.29 is 9.47 Å². The van der Waals surface area contributed by atoms with Crippen LogP contribution in [0.25, 0.3) is 11.2 Å². The molecule has 0 unspecified atom stereocenters. The SMILES string of the molecule is c1ccc(Oc2ccc(Nc3ncnc4nc(N5CCOCC5)[nH]c34)cc2)cc1. The maximum Gasteiger partial charge on any atom is 0.205 e. The first-order valence-corrected chi connectivity index (χ1v) is 9.48. The number of aromatic amines is 1. The molecule has 5 rings (SSSR count). The Hall–Kier alpha value is -3.65. The largest absolute Gasteiger partial charge is 0.457 e. The molecule has 8 heteroatoms. The van der Waals surface area contributed by atoms with E-state index < -0.39 is 0 Å². The fourth-order valence-electron chi connectivity index (χ4n) is 3.20. The lowest BCUT2D eigenvalue weighted by Crippen LogP contribution is -2.36. The quantitative estimate of drug-likeness (QED) is 0.539. The number of para-hydroxylation sites is 1. The Morgan fingerprint density at radius 2 is 1.69 bits per heavy atom. The van der Waals surface area contributed by atoms with Crippen molar-refractivity contribution in [2.24, 2.45) is 0 Å². The van der Waals surface area contributed by atoms with Gasteiger partial charge in [-0.2, -0.15) is 4.98 Å². The first-order valence-electron chi connectivity index (χ1n) is 9.48. The number of hydrogen-bond donors (Lipinski definition) is 2. The highest BCUT2D eigenvalue weighted by Crippen LogP contribution is 2.27.